The first-order valence-corrected chi connectivity index (χ1v) is 5.03. The van der Waals surface area contributed by atoms with Crippen molar-refractivity contribution in [3.63, 3.8) is 0 Å². The van der Waals surface area contributed by atoms with Gasteiger partial charge in [0.25, 0.3) is 0 Å². The lowest BCUT2D eigenvalue weighted by Crippen LogP contribution is -1.95. The Balaban J connectivity index is 0.000000461. The van der Waals surface area contributed by atoms with Crippen molar-refractivity contribution < 1.29 is 9.47 Å². The van der Waals surface area contributed by atoms with Gasteiger partial charge in [0.1, 0.15) is 0 Å². The average molecular weight is 195 g/mol. The van der Waals surface area contributed by atoms with Crippen molar-refractivity contribution in [2.75, 3.05) is 18.7 Å². The molecule has 0 atom stereocenters. The van der Waals surface area contributed by atoms with E-state index in [1.807, 2.05) is 32.0 Å². The number of anilines is 1. The molecular weight excluding hydrogens is 178 g/mol. The van der Waals surface area contributed by atoms with Gasteiger partial charge in [-0.1, -0.05) is 13.8 Å². The second-order valence-corrected chi connectivity index (χ2v) is 2.60. The minimum absolute atomic E-state index is 0.338. The van der Waals surface area contributed by atoms with Crippen LogP contribution in [-0.4, -0.2) is 13.3 Å². The highest BCUT2D eigenvalue weighted by Crippen LogP contribution is 2.33. The van der Waals surface area contributed by atoms with Gasteiger partial charge in [-0.3, -0.25) is 0 Å². The Morgan fingerprint density at radius 2 is 1.93 bits per heavy atom. The molecule has 1 aromatic rings. The number of hydrogen-bond acceptors (Lipinski definition) is 3. The molecule has 0 aliphatic carbocycles. The largest absolute Gasteiger partial charge is 0.454 e. The molecule has 1 aromatic carbocycles. The summed E-state index contributed by atoms with van der Waals surface area (Å²) in [5.41, 5.74) is 1.07. The number of nitrogens with one attached hydrogen (secondary N) is 1. The van der Waals surface area contributed by atoms with Crippen LogP contribution in [0.5, 0.6) is 11.5 Å². The van der Waals surface area contributed by atoms with Crippen molar-refractivity contribution in [1.82, 2.24) is 0 Å². The molecule has 3 heteroatoms. The van der Waals surface area contributed by atoms with Crippen LogP contribution in [0.2, 0.25) is 0 Å². The highest BCUT2D eigenvalue weighted by Gasteiger charge is 2.12. The van der Waals surface area contributed by atoms with E-state index in [1.165, 1.54) is 0 Å². The fraction of sp³-hybridized carbons (Fsp3) is 0.455. The average Bonchev–Trinajstić information content (AvgIpc) is 2.68. The van der Waals surface area contributed by atoms with Crippen LogP contribution in [0.25, 0.3) is 0 Å². The molecule has 1 heterocycles. The number of rotatable bonds is 2. The van der Waals surface area contributed by atoms with Crippen molar-refractivity contribution in [2.45, 2.75) is 20.8 Å². The van der Waals surface area contributed by atoms with E-state index in [0.717, 1.165) is 23.7 Å². The lowest BCUT2D eigenvalue weighted by atomic mass is 10.3. The van der Waals surface area contributed by atoms with Crippen LogP contribution >= 0.6 is 0 Å². The molecule has 3 nitrogen and oxygen atoms in total. The van der Waals surface area contributed by atoms with Crippen LogP contribution in [0.3, 0.4) is 0 Å². The van der Waals surface area contributed by atoms with Crippen molar-refractivity contribution in [3.05, 3.63) is 18.2 Å². The third-order valence-corrected chi connectivity index (χ3v) is 1.75. The third-order valence-electron chi connectivity index (χ3n) is 1.75. The first-order valence-electron chi connectivity index (χ1n) is 5.03. The number of ether oxygens (including phenoxy) is 2. The minimum Gasteiger partial charge on any atom is -0.454 e. The van der Waals surface area contributed by atoms with Gasteiger partial charge < -0.3 is 14.8 Å². The Bertz CT molecular complexity index is 287. The van der Waals surface area contributed by atoms with Gasteiger partial charge in [0, 0.05) is 18.3 Å². The fourth-order valence-electron chi connectivity index (χ4n) is 1.21. The van der Waals surface area contributed by atoms with Crippen LogP contribution in [0, 0.1) is 0 Å². The number of hydrogen-bond donors (Lipinski definition) is 1. The van der Waals surface area contributed by atoms with Crippen molar-refractivity contribution >= 4 is 5.69 Å². The molecule has 0 amide bonds. The van der Waals surface area contributed by atoms with Gasteiger partial charge in [-0.25, -0.2) is 0 Å². The summed E-state index contributed by atoms with van der Waals surface area (Å²) in [7, 11) is 0. The molecule has 1 aliphatic heterocycles. The Morgan fingerprint density at radius 1 is 1.21 bits per heavy atom. The molecular formula is C11H17NO2. The predicted molar refractivity (Wildman–Crippen MR) is 58.1 cm³/mol. The molecule has 2 rings (SSSR count). The fourth-order valence-corrected chi connectivity index (χ4v) is 1.21. The maximum Gasteiger partial charge on any atom is 0.231 e. The first-order chi connectivity index (χ1) is 6.90. The Hall–Kier alpha value is -1.38. The number of benzene rings is 1. The zero-order valence-electron chi connectivity index (χ0n) is 8.96. The Morgan fingerprint density at radius 3 is 2.64 bits per heavy atom. The summed E-state index contributed by atoms with van der Waals surface area (Å²) < 4.78 is 10.4. The van der Waals surface area contributed by atoms with E-state index >= 15 is 0 Å². The van der Waals surface area contributed by atoms with Gasteiger partial charge in [-0.15, -0.1) is 0 Å². The monoisotopic (exact) mass is 195 g/mol. The zero-order chi connectivity index (χ0) is 10.4. The quantitative estimate of drug-likeness (QED) is 0.787. The lowest BCUT2D eigenvalue weighted by Gasteiger charge is -2.03. The molecule has 0 aromatic heterocycles. The van der Waals surface area contributed by atoms with E-state index in [9.17, 15) is 0 Å². The van der Waals surface area contributed by atoms with Gasteiger partial charge in [0.2, 0.25) is 6.79 Å². The minimum atomic E-state index is 0.338. The van der Waals surface area contributed by atoms with Gasteiger partial charge in [-0.05, 0) is 19.1 Å². The second-order valence-electron chi connectivity index (χ2n) is 2.60. The molecule has 14 heavy (non-hydrogen) atoms. The highest BCUT2D eigenvalue weighted by atomic mass is 16.7. The molecule has 1 N–H and O–H groups in total. The summed E-state index contributed by atoms with van der Waals surface area (Å²) in [4.78, 5) is 0. The van der Waals surface area contributed by atoms with E-state index in [-0.39, 0.29) is 0 Å². The third kappa shape index (κ3) is 2.31. The highest BCUT2D eigenvalue weighted by molar-refractivity contribution is 5.55. The van der Waals surface area contributed by atoms with Gasteiger partial charge in [0.05, 0.1) is 0 Å². The van der Waals surface area contributed by atoms with E-state index in [4.69, 9.17) is 9.47 Å². The molecule has 1 aliphatic rings. The topological polar surface area (TPSA) is 30.5 Å². The maximum absolute atomic E-state index is 5.22. The van der Waals surface area contributed by atoms with Gasteiger partial charge >= 0.3 is 0 Å². The summed E-state index contributed by atoms with van der Waals surface area (Å²) in [6.07, 6.45) is 0. The van der Waals surface area contributed by atoms with E-state index in [0.29, 0.717) is 6.79 Å². The van der Waals surface area contributed by atoms with E-state index in [2.05, 4.69) is 12.2 Å². The van der Waals surface area contributed by atoms with Crippen LogP contribution in [0.4, 0.5) is 5.69 Å². The maximum atomic E-state index is 5.22. The molecule has 0 saturated carbocycles. The van der Waals surface area contributed by atoms with E-state index < -0.39 is 0 Å². The van der Waals surface area contributed by atoms with Crippen molar-refractivity contribution in [1.29, 1.82) is 0 Å². The predicted octanol–water partition coefficient (Wildman–Crippen LogP) is 2.87. The summed E-state index contributed by atoms with van der Waals surface area (Å²) in [6, 6.07) is 5.85. The van der Waals surface area contributed by atoms with E-state index in [1.54, 1.807) is 0 Å². The summed E-state index contributed by atoms with van der Waals surface area (Å²) >= 11 is 0. The molecule has 0 saturated heterocycles. The summed E-state index contributed by atoms with van der Waals surface area (Å²) in [5, 5.41) is 3.20. The van der Waals surface area contributed by atoms with Crippen molar-refractivity contribution in [3.8, 4) is 11.5 Å². The molecule has 78 valence electrons. The molecule has 0 bridgehead atoms. The normalized spacial score (nSPS) is 11.6. The van der Waals surface area contributed by atoms with Gasteiger partial charge in [-0.2, -0.15) is 0 Å². The smallest absolute Gasteiger partial charge is 0.231 e. The molecule has 0 unspecified atom stereocenters. The van der Waals surface area contributed by atoms with Crippen LogP contribution in [0.1, 0.15) is 20.8 Å². The first kappa shape index (κ1) is 10.7. The summed E-state index contributed by atoms with van der Waals surface area (Å²) in [5.74, 6) is 1.66. The molecule has 0 radical (unpaired) electrons. The van der Waals surface area contributed by atoms with Crippen LogP contribution in [-0.2, 0) is 0 Å². The zero-order valence-corrected chi connectivity index (χ0v) is 8.96. The summed E-state index contributed by atoms with van der Waals surface area (Å²) in [6.45, 7) is 7.31. The SMILES string of the molecule is CC.CCNc1ccc2c(c1)OCO2. The van der Waals surface area contributed by atoms with Gasteiger partial charge in [0.15, 0.2) is 11.5 Å². The number of fused-ring (bicyclic) bond motifs is 1. The Kier molecular flexibility index (Phi) is 4.11. The molecule has 0 fully saturated rings. The molecule has 0 spiro atoms. The van der Waals surface area contributed by atoms with Crippen LogP contribution < -0.4 is 14.8 Å². The van der Waals surface area contributed by atoms with Crippen molar-refractivity contribution in [2.24, 2.45) is 0 Å². The second kappa shape index (κ2) is 5.37. The standard InChI is InChI=1S/C9H11NO2.C2H6/c1-2-10-7-3-4-8-9(5-7)12-6-11-8;1-2/h3-5,10H,2,6H2,1H3;1-2H3. The Labute approximate surface area is 85.0 Å². The van der Waals surface area contributed by atoms with Crippen LogP contribution in [0.15, 0.2) is 18.2 Å². The lowest BCUT2D eigenvalue weighted by molar-refractivity contribution is 0.174.